The summed E-state index contributed by atoms with van der Waals surface area (Å²) in [6.45, 7) is 1.12. The SMILES string of the molecule is Cc1cc(C(=O)OCC(=O)Nc2ccc([N+](=O)[O-])cc2)on1. The molecule has 1 amide bonds. The van der Waals surface area contributed by atoms with E-state index in [1.807, 2.05) is 0 Å². The van der Waals surface area contributed by atoms with E-state index in [4.69, 9.17) is 9.26 Å². The minimum atomic E-state index is -0.806. The number of aromatic nitrogens is 1. The largest absolute Gasteiger partial charge is 0.450 e. The molecule has 0 radical (unpaired) electrons. The molecule has 0 unspecified atom stereocenters. The fourth-order valence-corrected chi connectivity index (χ4v) is 1.53. The van der Waals surface area contributed by atoms with E-state index in [0.717, 1.165) is 0 Å². The normalized spacial score (nSPS) is 10.0. The van der Waals surface area contributed by atoms with Crippen LogP contribution in [0.15, 0.2) is 34.9 Å². The molecule has 0 bridgehead atoms. The molecule has 1 aromatic heterocycles. The van der Waals surface area contributed by atoms with Crippen LogP contribution in [-0.2, 0) is 9.53 Å². The molecule has 0 aliphatic rings. The number of rotatable bonds is 5. The van der Waals surface area contributed by atoms with Crippen LogP contribution in [0.5, 0.6) is 0 Å². The Hall–Kier alpha value is -3.23. The van der Waals surface area contributed by atoms with Gasteiger partial charge in [0.25, 0.3) is 11.6 Å². The van der Waals surface area contributed by atoms with Gasteiger partial charge in [-0.2, -0.15) is 0 Å². The topological polar surface area (TPSA) is 125 Å². The third-order valence-corrected chi connectivity index (χ3v) is 2.53. The maximum atomic E-state index is 11.6. The Morgan fingerprint density at radius 2 is 2.05 bits per heavy atom. The highest BCUT2D eigenvalue weighted by molar-refractivity contribution is 5.94. The van der Waals surface area contributed by atoms with Crippen LogP contribution >= 0.6 is 0 Å². The summed E-state index contributed by atoms with van der Waals surface area (Å²) < 4.78 is 9.44. The predicted octanol–water partition coefficient (Wildman–Crippen LogP) is 1.69. The lowest BCUT2D eigenvalue weighted by Crippen LogP contribution is -2.20. The molecule has 22 heavy (non-hydrogen) atoms. The lowest BCUT2D eigenvalue weighted by Gasteiger charge is -2.05. The Balaban J connectivity index is 1.85. The van der Waals surface area contributed by atoms with Crippen molar-refractivity contribution >= 4 is 23.3 Å². The molecule has 9 heteroatoms. The second-order valence-corrected chi connectivity index (χ2v) is 4.26. The molecular formula is C13H11N3O6. The summed E-state index contributed by atoms with van der Waals surface area (Å²) in [5.74, 6) is -1.49. The molecule has 0 atom stereocenters. The Morgan fingerprint density at radius 3 is 2.59 bits per heavy atom. The predicted molar refractivity (Wildman–Crippen MR) is 73.2 cm³/mol. The molecule has 1 aromatic carbocycles. The molecule has 0 saturated carbocycles. The van der Waals surface area contributed by atoms with Gasteiger partial charge in [0.2, 0.25) is 5.76 Å². The third-order valence-electron chi connectivity index (χ3n) is 2.53. The van der Waals surface area contributed by atoms with Gasteiger partial charge < -0.3 is 14.6 Å². The van der Waals surface area contributed by atoms with Gasteiger partial charge in [0.15, 0.2) is 6.61 Å². The summed E-state index contributed by atoms with van der Waals surface area (Å²) in [6.07, 6.45) is 0. The van der Waals surface area contributed by atoms with Crippen LogP contribution in [0.4, 0.5) is 11.4 Å². The summed E-state index contributed by atoms with van der Waals surface area (Å²) in [6, 6.07) is 6.63. The summed E-state index contributed by atoms with van der Waals surface area (Å²) in [4.78, 5) is 33.1. The van der Waals surface area contributed by atoms with E-state index in [2.05, 4.69) is 10.5 Å². The number of hydrogen-bond donors (Lipinski definition) is 1. The van der Waals surface area contributed by atoms with Crippen molar-refractivity contribution < 1.29 is 23.8 Å². The molecule has 9 nitrogen and oxygen atoms in total. The van der Waals surface area contributed by atoms with Crippen molar-refractivity contribution in [3.8, 4) is 0 Å². The van der Waals surface area contributed by atoms with Crippen molar-refractivity contribution in [2.24, 2.45) is 0 Å². The van der Waals surface area contributed by atoms with E-state index in [9.17, 15) is 19.7 Å². The maximum Gasteiger partial charge on any atom is 0.377 e. The van der Waals surface area contributed by atoms with Gasteiger partial charge in [0.05, 0.1) is 10.6 Å². The van der Waals surface area contributed by atoms with Crippen molar-refractivity contribution in [3.63, 3.8) is 0 Å². The zero-order valence-electron chi connectivity index (χ0n) is 11.4. The van der Waals surface area contributed by atoms with E-state index in [1.165, 1.54) is 30.3 Å². The monoisotopic (exact) mass is 305 g/mol. The number of anilines is 1. The van der Waals surface area contributed by atoms with Gasteiger partial charge in [0.1, 0.15) is 0 Å². The Morgan fingerprint density at radius 1 is 1.36 bits per heavy atom. The van der Waals surface area contributed by atoms with Crippen LogP contribution in [-0.4, -0.2) is 28.6 Å². The molecule has 2 rings (SSSR count). The number of non-ortho nitro benzene ring substituents is 1. The number of nitro benzene ring substituents is 1. The highest BCUT2D eigenvalue weighted by Crippen LogP contribution is 2.15. The maximum absolute atomic E-state index is 11.6. The fourth-order valence-electron chi connectivity index (χ4n) is 1.53. The average Bonchev–Trinajstić information content (AvgIpc) is 2.92. The van der Waals surface area contributed by atoms with E-state index < -0.39 is 23.4 Å². The first-order valence-electron chi connectivity index (χ1n) is 6.10. The minimum Gasteiger partial charge on any atom is -0.450 e. The Labute approximate surface area is 124 Å². The number of nitro groups is 1. The number of amides is 1. The van der Waals surface area contributed by atoms with Gasteiger partial charge in [-0.15, -0.1) is 0 Å². The highest BCUT2D eigenvalue weighted by atomic mass is 16.6. The summed E-state index contributed by atoms with van der Waals surface area (Å²) in [7, 11) is 0. The van der Waals surface area contributed by atoms with Crippen molar-refractivity contribution in [1.82, 2.24) is 5.16 Å². The fraction of sp³-hybridized carbons (Fsp3) is 0.154. The van der Waals surface area contributed by atoms with E-state index >= 15 is 0 Å². The number of nitrogens with one attached hydrogen (secondary N) is 1. The van der Waals surface area contributed by atoms with Crippen molar-refractivity contribution in [3.05, 3.63) is 51.9 Å². The van der Waals surface area contributed by atoms with Gasteiger partial charge in [-0.25, -0.2) is 4.79 Å². The Bertz CT molecular complexity index is 707. The summed E-state index contributed by atoms with van der Waals surface area (Å²) in [5, 5.41) is 16.5. The Kier molecular flexibility index (Phi) is 4.47. The number of aryl methyl sites for hydroxylation is 1. The van der Waals surface area contributed by atoms with Crippen molar-refractivity contribution in [2.45, 2.75) is 6.92 Å². The van der Waals surface area contributed by atoms with Crippen LogP contribution in [0, 0.1) is 17.0 Å². The third kappa shape index (κ3) is 3.88. The first-order chi connectivity index (χ1) is 10.5. The van der Waals surface area contributed by atoms with Crippen LogP contribution in [0.25, 0.3) is 0 Å². The summed E-state index contributed by atoms with van der Waals surface area (Å²) >= 11 is 0. The number of benzene rings is 1. The molecule has 0 aliphatic carbocycles. The second kappa shape index (κ2) is 6.48. The molecule has 1 heterocycles. The molecule has 1 N–H and O–H groups in total. The summed E-state index contributed by atoms with van der Waals surface area (Å²) in [5.41, 5.74) is 0.773. The van der Waals surface area contributed by atoms with Crippen LogP contribution in [0.1, 0.15) is 16.2 Å². The zero-order valence-corrected chi connectivity index (χ0v) is 11.4. The number of ether oxygens (including phenoxy) is 1. The highest BCUT2D eigenvalue weighted by Gasteiger charge is 2.15. The molecular weight excluding hydrogens is 294 g/mol. The van der Waals surface area contributed by atoms with Gasteiger partial charge in [-0.1, -0.05) is 5.16 Å². The van der Waals surface area contributed by atoms with Crippen molar-refractivity contribution in [1.29, 1.82) is 0 Å². The van der Waals surface area contributed by atoms with Crippen LogP contribution in [0.2, 0.25) is 0 Å². The second-order valence-electron chi connectivity index (χ2n) is 4.26. The number of esters is 1. The van der Waals surface area contributed by atoms with Gasteiger partial charge in [-0.05, 0) is 19.1 Å². The number of nitrogens with zero attached hydrogens (tertiary/aromatic N) is 2. The molecule has 0 fully saturated rings. The van der Waals surface area contributed by atoms with Crippen LogP contribution in [0.3, 0.4) is 0 Å². The van der Waals surface area contributed by atoms with E-state index in [1.54, 1.807) is 6.92 Å². The van der Waals surface area contributed by atoms with Gasteiger partial charge in [-0.3, -0.25) is 14.9 Å². The average molecular weight is 305 g/mol. The molecule has 2 aromatic rings. The number of hydrogen-bond acceptors (Lipinski definition) is 7. The lowest BCUT2D eigenvalue weighted by molar-refractivity contribution is -0.384. The first-order valence-corrected chi connectivity index (χ1v) is 6.10. The first kappa shape index (κ1) is 15.2. The molecule has 0 spiro atoms. The lowest BCUT2D eigenvalue weighted by atomic mass is 10.3. The molecule has 0 saturated heterocycles. The zero-order chi connectivity index (χ0) is 16.1. The van der Waals surface area contributed by atoms with E-state index in [0.29, 0.717) is 11.4 Å². The number of carbonyl (C=O) groups excluding carboxylic acids is 2. The molecule has 114 valence electrons. The van der Waals surface area contributed by atoms with E-state index in [-0.39, 0.29) is 11.4 Å². The standard InChI is InChI=1S/C13H11N3O6/c1-8-6-11(22-15-8)13(18)21-7-12(17)14-9-2-4-10(5-3-9)16(19)20/h2-6H,7H2,1H3,(H,14,17). The molecule has 0 aliphatic heterocycles. The van der Waals surface area contributed by atoms with Crippen molar-refractivity contribution in [2.75, 3.05) is 11.9 Å². The van der Waals surface area contributed by atoms with Gasteiger partial charge >= 0.3 is 5.97 Å². The number of carbonyl (C=O) groups is 2. The minimum absolute atomic E-state index is 0.0925. The quantitative estimate of drug-likeness (QED) is 0.506. The smallest absolute Gasteiger partial charge is 0.377 e. The van der Waals surface area contributed by atoms with Gasteiger partial charge in [0, 0.05) is 23.9 Å². The van der Waals surface area contributed by atoms with Crippen LogP contribution < -0.4 is 5.32 Å².